The minimum absolute atomic E-state index is 0.0171. The molecule has 1 N–H and O–H groups in total. The number of ether oxygens (including phenoxy) is 1. The van der Waals surface area contributed by atoms with Gasteiger partial charge in [-0.3, -0.25) is 4.72 Å². The Morgan fingerprint density at radius 2 is 2.05 bits per heavy atom. The van der Waals surface area contributed by atoms with Gasteiger partial charge in [-0.1, -0.05) is 6.07 Å². The van der Waals surface area contributed by atoms with Crippen LogP contribution in [0.3, 0.4) is 0 Å². The van der Waals surface area contributed by atoms with Gasteiger partial charge in [0.1, 0.15) is 9.96 Å². The number of rotatable bonds is 5. The van der Waals surface area contributed by atoms with Gasteiger partial charge in [0.05, 0.1) is 5.69 Å². The van der Waals surface area contributed by atoms with Gasteiger partial charge in [0, 0.05) is 0 Å². The summed E-state index contributed by atoms with van der Waals surface area (Å²) in [6.07, 6.45) is 0. The minimum atomic E-state index is -3.65. The van der Waals surface area contributed by atoms with Gasteiger partial charge >= 0.3 is 6.61 Å². The van der Waals surface area contributed by atoms with Gasteiger partial charge in [-0.25, -0.2) is 8.42 Å². The van der Waals surface area contributed by atoms with Crippen molar-refractivity contribution in [3.8, 4) is 5.75 Å². The van der Waals surface area contributed by atoms with Crippen LogP contribution in [0.5, 0.6) is 5.75 Å². The zero-order valence-electron chi connectivity index (χ0n) is 10.3. The molecule has 1 aromatic carbocycles. The second-order valence-electron chi connectivity index (χ2n) is 3.89. The molecular formula is C12H11F2NO3S2. The molecule has 0 atom stereocenters. The predicted octanol–water partition coefficient (Wildman–Crippen LogP) is 3.46. The van der Waals surface area contributed by atoms with Crippen LogP contribution in [0.25, 0.3) is 0 Å². The summed E-state index contributed by atoms with van der Waals surface area (Å²) in [7, 11) is -3.65. The van der Waals surface area contributed by atoms with Crippen molar-refractivity contribution in [2.45, 2.75) is 17.7 Å². The van der Waals surface area contributed by atoms with Gasteiger partial charge in [0.25, 0.3) is 10.0 Å². The number of nitrogens with one attached hydrogen (secondary N) is 1. The van der Waals surface area contributed by atoms with E-state index in [2.05, 4.69) is 9.46 Å². The SMILES string of the molecule is Cc1cc(OC(F)F)ccc1NS(=O)(=O)c1cccs1. The first-order valence-electron chi connectivity index (χ1n) is 5.50. The van der Waals surface area contributed by atoms with Crippen molar-refractivity contribution in [2.75, 3.05) is 4.72 Å². The van der Waals surface area contributed by atoms with E-state index in [0.29, 0.717) is 11.3 Å². The third kappa shape index (κ3) is 3.45. The average molecular weight is 319 g/mol. The van der Waals surface area contributed by atoms with Crippen LogP contribution in [0.15, 0.2) is 39.9 Å². The van der Waals surface area contributed by atoms with E-state index in [9.17, 15) is 17.2 Å². The van der Waals surface area contributed by atoms with Crippen molar-refractivity contribution < 1.29 is 21.9 Å². The van der Waals surface area contributed by atoms with E-state index in [1.165, 1.54) is 24.3 Å². The number of benzene rings is 1. The Hall–Kier alpha value is -1.67. The molecule has 2 aromatic rings. The first-order chi connectivity index (χ1) is 9.38. The maximum absolute atomic E-state index is 12.1. The lowest BCUT2D eigenvalue weighted by molar-refractivity contribution is -0.0498. The van der Waals surface area contributed by atoms with Crippen molar-refractivity contribution in [1.29, 1.82) is 0 Å². The molecule has 2 rings (SSSR count). The molecule has 0 bridgehead atoms. The second kappa shape index (κ2) is 5.76. The summed E-state index contributed by atoms with van der Waals surface area (Å²) >= 11 is 1.09. The molecule has 8 heteroatoms. The summed E-state index contributed by atoms with van der Waals surface area (Å²) in [5, 5.41) is 1.65. The fraction of sp³-hybridized carbons (Fsp3) is 0.167. The quantitative estimate of drug-likeness (QED) is 0.918. The lowest BCUT2D eigenvalue weighted by atomic mass is 10.2. The monoisotopic (exact) mass is 319 g/mol. The summed E-state index contributed by atoms with van der Waals surface area (Å²) in [5.74, 6) is -0.0171. The Balaban J connectivity index is 2.22. The molecule has 1 aromatic heterocycles. The van der Waals surface area contributed by atoms with Gasteiger partial charge in [-0.15, -0.1) is 11.3 Å². The van der Waals surface area contributed by atoms with Crippen LogP contribution in [-0.2, 0) is 10.0 Å². The van der Waals surface area contributed by atoms with Gasteiger partial charge < -0.3 is 4.74 Å². The molecule has 4 nitrogen and oxygen atoms in total. The lowest BCUT2D eigenvalue weighted by Gasteiger charge is -2.11. The van der Waals surface area contributed by atoms with E-state index in [1.807, 2.05) is 0 Å². The van der Waals surface area contributed by atoms with Crippen LogP contribution < -0.4 is 9.46 Å². The van der Waals surface area contributed by atoms with Gasteiger partial charge in [0.2, 0.25) is 0 Å². The minimum Gasteiger partial charge on any atom is -0.435 e. The number of thiophene rings is 1. The smallest absolute Gasteiger partial charge is 0.387 e. The van der Waals surface area contributed by atoms with E-state index in [1.54, 1.807) is 18.4 Å². The summed E-state index contributed by atoms with van der Waals surface area (Å²) < 4.78 is 55.0. The zero-order chi connectivity index (χ0) is 14.8. The highest BCUT2D eigenvalue weighted by Crippen LogP contribution is 2.26. The summed E-state index contributed by atoms with van der Waals surface area (Å²) in [5.41, 5.74) is 0.809. The Kier molecular flexibility index (Phi) is 4.24. The topological polar surface area (TPSA) is 55.4 Å². The van der Waals surface area contributed by atoms with Gasteiger partial charge in [0.15, 0.2) is 0 Å². The largest absolute Gasteiger partial charge is 0.435 e. The fourth-order valence-electron chi connectivity index (χ4n) is 1.54. The molecule has 0 saturated carbocycles. The number of alkyl halides is 2. The van der Waals surface area contributed by atoms with E-state index in [4.69, 9.17) is 0 Å². The van der Waals surface area contributed by atoms with Crippen molar-refractivity contribution in [3.05, 3.63) is 41.3 Å². The number of halogens is 2. The highest BCUT2D eigenvalue weighted by molar-refractivity contribution is 7.94. The molecule has 20 heavy (non-hydrogen) atoms. The van der Waals surface area contributed by atoms with E-state index in [-0.39, 0.29) is 9.96 Å². The maximum atomic E-state index is 12.1. The second-order valence-corrected chi connectivity index (χ2v) is 6.75. The predicted molar refractivity (Wildman–Crippen MR) is 72.9 cm³/mol. The average Bonchev–Trinajstić information content (AvgIpc) is 2.86. The fourth-order valence-corrected chi connectivity index (χ4v) is 3.66. The van der Waals surface area contributed by atoms with E-state index >= 15 is 0 Å². The molecule has 108 valence electrons. The molecule has 0 amide bonds. The standard InChI is InChI=1S/C12H11F2NO3S2/c1-8-7-9(18-12(13)14)4-5-10(8)15-20(16,17)11-3-2-6-19-11/h2-7,12,15H,1H3. The number of anilines is 1. The molecule has 0 fully saturated rings. The molecular weight excluding hydrogens is 308 g/mol. The highest BCUT2D eigenvalue weighted by atomic mass is 32.2. The summed E-state index contributed by atoms with van der Waals surface area (Å²) in [6.45, 7) is -1.31. The number of hydrogen-bond donors (Lipinski definition) is 1. The normalized spacial score (nSPS) is 11.6. The lowest BCUT2D eigenvalue weighted by Crippen LogP contribution is -2.12. The molecule has 0 spiro atoms. The molecule has 0 aliphatic rings. The first kappa shape index (κ1) is 14.7. The van der Waals surface area contributed by atoms with Crippen molar-refractivity contribution in [2.24, 2.45) is 0 Å². The van der Waals surface area contributed by atoms with E-state index in [0.717, 1.165) is 11.3 Å². The van der Waals surface area contributed by atoms with Crippen LogP contribution in [0.2, 0.25) is 0 Å². The third-order valence-corrected chi connectivity index (χ3v) is 5.19. The molecule has 1 heterocycles. The number of aryl methyl sites for hydroxylation is 1. The highest BCUT2D eigenvalue weighted by Gasteiger charge is 2.16. The Morgan fingerprint density at radius 3 is 2.60 bits per heavy atom. The Morgan fingerprint density at radius 1 is 1.30 bits per heavy atom. The molecule has 0 radical (unpaired) electrons. The van der Waals surface area contributed by atoms with Gasteiger partial charge in [-0.05, 0) is 42.1 Å². The third-order valence-electron chi connectivity index (χ3n) is 2.43. The maximum Gasteiger partial charge on any atom is 0.387 e. The zero-order valence-corrected chi connectivity index (χ0v) is 12.0. The summed E-state index contributed by atoms with van der Waals surface area (Å²) in [6, 6.07) is 7.13. The first-order valence-corrected chi connectivity index (χ1v) is 7.86. The Bertz CT molecular complexity index is 685. The Labute approximate surface area is 119 Å². The van der Waals surface area contributed by atoms with Crippen LogP contribution in [0.4, 0.5) is 14.5 Å². The molecule has 0 saturated heterocycles. The molecule has 0 unspecified atom stereocenters. The van der Waals surface area contributed by atoms with Crippen molar-refractivity contribution in [1.82, 2.24) is 0 Å². The van der Waals surface area contributed by atoms with Crippen LogP contribution in [-0.4, -0.2) is 15.0 Å². The van der Waals surface area contributed by atoms with Crippen LogP contribution in [0, 0.1) is 6.92 Å². The molecule has 0 aliphatic carbocycles. The van der Waals surface area contributed by atoms with Crippen LogP contribution in [0.1, 0.15) is 5.56 Å². The van der Waals surface area contributed by atoms with Crippen molar-refractivity contribution in [3.63, 3.8) is 0 Å². The number of hydrogen-bond acceptors (Lipinski definition) is 4. The van der Waals surface area contributed by atoms with Crippen LogP contribution >= 0.6 is 11.3 Å². The summed E-state index contributed by atoms with van der Waals surface area (Å²) in [4.78, 5) is 0. The number of sulfonamides is 1. The van der Waals surface area contributed by atoms with E-state index < -0.39 is 16.6 Å². The van der Waals surface area contributed by atoms with Crippen molar-refractivity contribution >= 4 is 27.0 Å². The van der Waals surface area contributed by atoms with Gasteiger partial charge in [-0.2, -0.15) is 8.78 Å². The molecule has 0 aliphatic heterocycles.